The maximum absolute atomic E-state index is 12.4. The maximum atomic E-state index is 12.4. The number of carbonyl (C=O) groups is 1. The maximum Gasteiger partial charge on any atom is 0.166 e. The lowest BCUT2D eigenvalue weighted by atomic mass is 9.79. The molecule has 112 valence electrons. The van der Waals surface area contributed by atoms with Gasteiger partial charge in [-0.3, -0.25) is 9.78 Å². The van der Waals surface area contributed by atoms with Crippen molar-refractivity contribution in [3.8, 4) is 11.1 Å². The summed E-state index contributed by atoms with van der Waals surface area (Å²) in [5.41, 5.74) is 4.99. The summed E-state index contributed by atoms with van der Waals surface area (Å²) in [5, 5.41) is 0. The highest BCUT2D eigenvalue weighted by Crippen LogP contribution is 2.36. The Labute approximate surface area is 134 Å². The molecule has 0 bridgehead atoms. The molecule has 23 heavy (non-hydrogen) atoms. The minimum atomic E-state index is 0.126. The van der Waals surface area contributed by atoms with Crippen molar-refractivity contribution in [3.05, 3.63) is 78.1 Å². The molecule has 3 aromatic rings. The molecule has 2 aromatic heterocycles. The Kier molecular flexibility index (Phi) is 3.42. The molecule has 1 aliphatic carbocycles. The predicted octanol–water partition coefficient (Wildman–Crippen LogP) is 3.45. The fourth-order valence-corrected chi connectivity index (χ4v) is 3.26. The molecule has 0 fully saturated rings. The molecule has 4 nitrogen and oxygen atoms in total. The molecule has 1 atom stereocenters. The standard InChI is InChI=1S/C19H15N3O/c23-19-10-14(9-18-17(19)11-21-12-22-18)16-4-2-1-3-15(16)13-5-7-20-8-6-13/h1-8,11-12,14H,9-10H2. The number of pyridine rings is 1. The zero-order chi connectivity index (χ0) is 15.6. The smallest absolute Gasteiger partial charge is 0.166 e. The normalized spacial score (nSPS) is 16.9. The Hall–Kier alpha value is -2.88. The molecule has 2 heterocycles. The second-order valence-corrected chi connectivity index (χ2v) is 5.73. The summed E-state index contributed by atoms with van der Waals surface area (Å²) in [6.07, 6.45) is 8.01. The van der Waals surface area contributed by atoms with E-state index >= 15 is 0 Å². The van der Waals surface area contributed by atoms with Gasteiger partial charge in [0.05, 0.1) is 11.3 Å². The first-order valence-corrected chi connectivity index (χ1v) is 7.64. The molecule has 0 N–H and O–H groups in total. The van der Waals surface area contributed by atoms with E-state index in [1.807, 2.05) is 24.3 Å². The van der Waals surface area contributed by atoms with Crippen LogP contribution in [-0.4, -0.2) is 20.7 Å². The Morgan fingerprint density at radius 2 is 1.74 bits per heavy atom. The molecule has 1 aromatic carbocycles. The number of aromatic nitrogens is 3. The number of hydrogen-bond donors (Lipinski definition) is 0. The molecule has 4 heteroatoms. The van der Waals surface area contributed by atoms with Crippen molar-refractivity contribution < 1.29 is 4.79 Å². The molecule has 1 unspecified atom stereocenters. The first kappa shape index (κ1) is 13.8. The predicted molar refractivity (Wildman–Crippen MR) is 87.1 cm³/mol. The lowest BCUT2D eigenvalue weighted by Gasteiger charge is -2.24. The Balaban J connectivity index is 1.77. The molecule has 0 aliphatic heterocycles. The van der Waals surface area contributed by atoms with Crippen LogP contribution >= 0.6 is 0 Å². The molecule has 0 spiro atoms. The van der Waals surface area contributed by atoms with E-state index in [1.165, 1.54) is 11.9 Å². The first-order valence-electron chi connectivity index (χ1n) is 7.64. The fourth-order valence-electron chi connectivity index (χ4n) is 3.26. The van der Waals surface area contributed by atoms with Gasteiger partial charge in [-0.2, -0.15) is 0 Å². The van der Waals surface area contributed by atoms with E-state index in [1.54, 1.807) is 18.6 Å². The summed E-state index contributed by atoms with van der Waals surface area (Å²) in [4.78, 5) is 24.8. The van der Waals surface area contributed by atoms with E-state index in [-0.39, 0.29) is 11.7 Å². The van der Waals surface area contributed by atoms with E-state index < -0.39 is 0 Å². The Morgan fingerprint density at radius 1 is 0.913 bits per heavy atom. The van der Waals surface area contributed by atoms with Crippen LogP contribution in [0.3, 0.4) is 0 Å². The van der Waals surface area contributed by atoms with Crippen molar-refractivity contribution >= 4 is 5.78 Å². The van der Waals surface area contributed by atoms with Gasteiger partial charge >= 0.3 is 0 Å². The average Bonchev–Trinajstić information content (AvgIpc) is 2.62. The van der Waals surface area contributed by atoms with Crippen molar-refractivity contribution in [1.82, 2.24) is 15.0 Å². The van der Waals surface area contributed by atoms with Gasteiger partial charge < -0.3 is 0 Å². The highest BCUT2D eigenvalue weighted by atomic mass is 16.1. The number of nitrogens with zero attached hydrogens (tertiary/aromatic N) is 3. The molecular weight excluding hydrogens is 286 g/mol. The SMILES string of the molecule is O=C1CC(c2ccccc2-c2ccncc2)Cc2ncncc21. The number of benzene rings is 1. The monoisotopic (exact) mass is 301 g/mol. The highest BCUT2D eigenvalue weighted by Gasteiger charge is 2.28. The van der Waals surface area contributed by atoms with Gasteiger partial charge in [0.15, 0.2) is 5.78 Å². The number of hydrogen-bond acceptors (Lipinski definition) is 4. The summed E-state index contributed by atoms with van der Waals surface area (Å²) in [5.74, 6) is 0.274. The largest absolute Gasteiger partial charge is 0.294 e. The zero-order valence-corrected chi connectivity index (χ0v) is 12.5. The number of rotatable bonds is 2. The molecule has 0 radical (unpaired) electrons. The van der Waals surface area contributed by atoms with Crippen LogP contribution in [-0.2, 0) is 6.42 Å². The summed E-state index contributed by atoms with van der Waals surface area (Å²) in [6.45, 7) is 0. The first-order chi connectivity index (χ1) is 11.3. The lowest BCUT2D eigenvalue weighted by Crippen LogP contribution is -2.20. The third-order valence-electron chi connectivity index (χ3n) is 4.36. The van der Waals surface area contributed by atoms with E-state index in [0.29, 0.717) is 12.0 Å². The van der Waals surface area contributed by atoms with Crippen LogP contribution in [0.2, 0.25) is 0 Å². The minimum absolute atomic E-state index is 0.126. The average molecular weight is 301 g/mol. The molecule has 0 amide bonds. The summed E-state index contributed by atoms with van der Waals surface area (Å²) >= 11 is 0. The summed E-state index contributed by atoms with van der Waals surface area (Å²) in [6, 6.07) is 12.3. The highest BCUT2D eigenvalue weighted by molar-refractivity contribution is 5.98. The minimum Gasteiger partial charge on any atom is -0.294 e. The zero-order valence-electron chi connectivity index (χ0n) is 12.5. The van der Waals surface area contributed by atoms with Gasteiger partial charge in [-0.15, -0.1) is 0 Å². The van der Waals surface area contributed by atoms with Gasteiger partial charge in [0.25, 0.3) is 0 Å². The van der Waals surface area contributed by atoms with Gasteiger partial charge in [-0.1, -0.05) is 24.3 Å². The Bertz CT molecular complexity index is 861. The van der Waals surface area contributed by atoms with Gasteiger partial charge in [0, 0.05) is 25.0 Å². The number of carbonyl (C=O) groups excluding carboxylic acids is 1. The molecule has 4 rings (SSSR count). The molecule has 1 aliphatic rings. The number of fused-ring (bicyclic) bond motifs is 1. The van der Waals surface area contributed by atoms with Crippen molar-refractivity contribution in [1.29, 1.82) is 0 Å². The van der Waals surface area contributed by atoms with Crippen molar-refractivity contribution in [2.45, 2.75) is 18.8 Å². The third kappa shape index (κ3) is 2.52. The van der Waals surface area contributed by atoms with Crippen molar-refractivity contribution in [2.24, 2.45) is 0 Å². The van der Waals surface area contributed by atoms with Gasteiger partial charge in [-0.05, 0) is 41.2 Å². The number of ketones is 1. The van der Waals surface area contributed by atoms with Crippen LogP contribution in [0.5, 0.6) is 0 Å². The molecule has 0 saturated heterocycles. The Morgan fingerprint density at radius 3 is 2.61 bits per heavy atom. The van der Waals surface area contributed by atoms with E-state index in [4.69, 9.17) is 0 Å². The van der Waals surface area contributed by atoms with Crippen molar-refractivity contribution in [3.63, 3.8) is 0 Å². The second-order valence-electron chi connectivity index (χ2n) is 5.73. The molecule has 0 saturated carbocycles. The van der Waals surface area contributed by atoms with Gasteiger partial charge in [0.2, 0.25) is 0 Å². The van der Waals surface area contributed by atoms with Crippen LogP contribution in [0.25, 0.3) is 11.1 Å². The third-order valence-corrected chi connectivity index (χ3v) is 4.36. The van der Waals surface area contributed by atoms with Crippen LogP contribution < -0.4 is 0 Å². The topological polar surface area (TPSA) is 55.7 Å². The van der Waals surface area contributed by atoms with E-state index in [2.05, 4.69) is 27.1 Å². The van der Waals surface area contributed by atoms with Crippen LogP contribution in [0.4, 0.5) is 0 Å². The van der Waals surface area contributed by atoms with E-state index in [9.17, 15) is 4.79 Å². The van der Waals surface area contributed by atoms with Crippen LogP contribution in [0, 0.1) is 0 Å². The molecular formula is C19H15N3O. The van der Waals surface area contributed by atoms with Gasteiger partial charge in [-0.25, -0.2) is 9.97 Å². The summed E-state index contributed by atoms with van der Waals surface area (Å²) < 4.78 is 0. The fraction of sp³-hybridized carbons (Fsp3) is 0.158. The van der Waals surface area contributed by atoms with E-state index in [0.717, 1.165) is 23.2 Å². The van der Waals surface area contributed by atoms with Gasteiger partial charge in [0.1, 0.15) is 6.33 Å². The quantitative estimate of drug-likeness (QED) is 0.727. The van der Waals surface area contributed by atoms with Crippen LogP contribution in [0.1, 0.15) is 34.0 Å². The lowest BCUT2D eigenvalue weighted by molar-refractivity contribution is 0.0962. The second kappa shape index (κ2) is 5.72. The number of Topliss-reactive ketones (excluding diaryl/α,β-unsaturated/α-hetero) is 1. The summed E-state index contributed by atoms with van der Waals surface area (Å²) in [7, 11) is 0. The van der Waals surface area contributed by atoms with Crippen LogP contribution in [0.15, 0.2) is 61.3 Å². The van der Waals surface area contributed by atoms with Crippen molar-refractivity contribution in [2.75, 3.05) is 0 Å².